The number of anilines is 2. The number of allylic oxidation sites excluding steroid dienone is 2. The molecule has 2 heterocycles. The van der Waals surface area contributed by atoms with E-state index in [2.05, 4.69) is 16.5 Å². The zero-order valence-corrected chi connectivity index (χ0v) is 15.5. The van der Waals surface area contributed by atoms with Gasteiger partial charge in [-0.05, 0) is 56.4 Å². The minimum absolute atomic E-state index is 0.120. The molecule has 7 nitrogen and oxygen atoms in total. The summed E-state index contributed by atoms with van der Waals surface area (Å²) < 4.78 is 4.93. The Balaban J connectivity index is 1.36. The van der Waals surface area contributed by atoms with E-state index in [0.29, 0.717) is 22.8 Å². The predicted molar refractivity (Wildman–Crippen MR) is 100 cm³/mol. The number of hydrogen-bond acceptors (Lipinski definition) is 5. The van der Waals surface area contributed by atoms with Crippen molar-refractivity contribution in [2.45, 2.75) is 20.3 Å². The molecule has 7 heteroatoms. The number of hydrogen-bond donors (Lipinski definition) is 1. The second kappa shape index (κ2) is 5.89. The van der Waals surface area contributed by atoms with Crippen molar-refractivity contribution in [1.82, 2.24) is 5.16 Å². The summed E-state index contributed by atoms with van der Waals surface area (Å²) in [6.45, 7) is 3.78. The van der Waals surface area contributed by atoms with E-state index in [0.717, 1.165) is 6.42 Å². The molecule has 1 saturated carbocycles. The lowest BCUT2D eigenvalue weighted by atomic mass is 9.82. The summed E-state index contributed by atoms with van der Waals surface area (Å²) in [4.78, 5) is 39.5. The maximum absolute atomic E-state index is 13.0. The van der Waals surface area contributed by atoms with Gasteiger partial charge in [0.15, 0.2) is 5.82 Å². The maximum Gasteiger partial charge on any atom is 0.256 e. The van der Waals surface area contributed by atoms with Gasteiger partial charge in [0.05, 0.1) is 17.5 Å². The monoisotopic (exact) mass is 377 g/mol. The molecule has 2 fully saturated rings. The van der Waals surface area contributed by atoms with E-state index in [1.165, 1.54) is 10.5 Å². The minimum atomic E-state index is -0.339. The Morgan fingerprint density at radius 2 is 1.86 bits per heavy atom. The Hall–Kier alpha value is -3.22. The average Bonchev–Trinajstić information content (AvgIpc) is 3.40. The maximum atomic E-state index is 13.0. The Bertz CT molecular complexity index is 1040. The second-order valence-corrected chi connectivity index (χ2v) is 7.80. The third kappa shape index (κ3) is 2.35. The van der Waals surface area contributed by atoms with E-state index in [1.54, 1.807) is 37.3 Å². The van der Waals surface area contributed by atoms with Gasteiger partial charge in [-0.25, -0.2) is 0 Å². The highest BCUT2D eigenvalue weighted by Crippen LogP contribution is 2.55. The highest BCUT2D eigenvalue weighted by Gasteiger charge is 2.60. The zero-order valence-electron chi connectivity index (χ0n) is 15.5. The van der Waals surface area contributed by atoms with Crippen LogP contribution < -0.4 is 10.2 Å². The standard InChI is InChI=1S/C21H19N3O4/c1-10-7-13-9-15(10)18-17(13)20(26)24(21(18)27)14-5-3-12(4-6-14)19(25)22-16-8-11(2)28-23-16/h3-8,13,15,17-18H,9H2,1-2H3,(H,22,23,25)/t13-,15+,17+,18+/m1/s1. The van der Waals surface area contributed by atoms with Crippen molar-refractivity contribution in [2.24, 2.45) is 23.7 Å². The fourth-order valence-electron chi connectivity index (χ4n) is 4.90. The van der Waals surface area contributed by atoms with Crippen LogP contribution in [0, 0.1) is 30.6 Å². The number of nitrogens with one attached hydrogen (secondary N) is 1. The van der Waals surface area contributed by atoms with E-state index in [9.17, 15) is 14.4 Å². The molecule has 3 aliphatic rings. The van der Waals surface area contributed by atoms with E-state index in [-0.39, 0.29) is 41.4 Å². The predicted octanol–water partition coefficient (Wildman–Crippen LogP) is 2.94. The van der Waals surface area contributed by atoms with E-state index >= 15 is 0 Å². The fourth-order valence-corrected chi connectivity index (χ4v) is 4.90. The average molecular weight is 377 g/mol. The van der Waals surface area contributed by atoms with Gasteiger partial charge in [0.25, 0.3) is 5.91 Å². The number of aromatic nitrogens is 1. The number of nitrogens with zero attached hydrogens (tertiary/aromatic N) is 2. The molecule has 0 radical (unpaired) electrons. The SMILES string of the molecule is CC1=C[C@@H]2C[C@@H]1[C@@H]1C(=O)N(c3ccc(C(=O)Nc4cc(C)on4)cc3)C(=O)[C@H]12. The molecular formula is C21H19N3O4. The molecule has 0 spiro atoms. The van der Waals surface area contributed by atoms with Gasteiger partial charge < -0.3 is 9.84 Å². The van der Waals surface area contributed by atoms with E-state index in [4.69, 9.17) is 4.52 Å². The molecule has 5 rings (SSSR count). The Labute approximate surface area is 161 Å². The van der Waals surface area contributed by atoms with Gasteiger partial charge in [-0.2, -0.15) is 0 Å². The van der Waals surface area contributed by atoms with Crippen LogP contribution >= 0.6 is 0 Å². The molecule has 1 N–H and O–H groups in total. The number of imide groups is 1. The number of aryl methyl sites for hydroxylation is 1. The van der Waals surface area contributed by atoms with Crippen LogP contribution in [0.4, 0.5) is 11.5 Å². The lowest BCUT2D eigenvalue weighted by Crippen LogP contribution is -2.33. The molecule has 4 atom stereocenters. The van der Waals surface area contributed by atoms with Crippen LogP contribution in [-0.2, 0) is 9.59 Å². The van der Waals surface area contributed by atoms with Gasteiger partial charge in [0.2, 0.25) is 11.8 Å². The van der Waals surface area contributed by atoms with Gasteiger partial charge in [0, 0.05) is 11.6 Å². The van der Waals surface area contributed by atoms with E-state index in [1.807, 2.05) is 6.92 Å². The summed E-state index contributed by atoms with van der Waals surface area (Å²) in [6.07, 6.45) is 3.06. The number of carbonyl (C=O) groups excluding carboxylic acids is 3. The Morgan fingerprint density at radius 1 is 1.14 bits per heavy atom. The number of benzene rings is 1. The topological polar surface area (TPSA) is 92.5 Å². The summed E-state index contributed by atoms with van der Waals surface area (Å²) in [5.41, 5.74) is 2.14. The zero-order chi connectivity index (χ0) is 19.6. The van der Waals surface area contributed by atoms with Crippen LogP contribution in [0.15, 0.2) is 46.5 Å². The first kappa shape index (κ1) is 16.9. The van der Waals surface area contributed by atoms with Gasteiger partial charge in [-0.3, -0.25) is 19.3 Å². The normalized spacial score (nSPS) is 27.9. The number of carbonyl (C=O) groups is 3. The largest absolute Gasteiger partial charge is 0.360 e. The van der Waals surface area contributed by atoms with Crippen LogP contribution in [0.1, 0.15) is 29.5 Å². The minimum Gasteiger partial charge on any atom is -0.360 e. The molecule has 28 heavy (non-hydrogen) atoms. The Morgan fingerprint density at radius 3 is 2.54 bits per heavy atom. The molecule has 1 aromatic heterocycles. The van der Waals surface area contributed by atoms with Gasteiger partial charge in [-0.1, -0.05) is 16.8 Å². The Kier molecular flexibility index (Phi) is 3.56. The summed E-state index contributed by atoms with van der Waals surface area (Å²) in [6, 6.07) is 8.11. The quantitative estimate of drug-likeness (QED) is 0.656. The molecule has 3 amide bonds. The van der Waals surface area contributed by atoms with Gasteiger partial charge in [0.1, 0.15) is 5.76 Å². The lowest BCUT2D eigenvalue weighted by Gasteiger charge is -2.19. The number of fused-ring (bicyclic) bond motifs is 5. The van der Waals surface area contributed by atoms with Crippen LogP contribution in [0.2, 0.25) is 0 Å². The second-order valence-electron chi connectivity index (χ2n) is 7.80. The smallest absolute Gasteiger partial charge is 0.256 e. The van der Waals surface area contributed by atoms with Crippen LogP contribution in [0.3, 0.4) is 0 Å². The first-order chi connectivity index (χ1) is 13.4. The van der Waals surface area contributed by atoms with Gasteiger partial charge in [-0.15, -0.1) is 0 Å². The summed E-state index contributed by atoms with van der Waals surface area (Å²) >= 11 is 0. The molecule has 1 saturated heterocycles. The highest BCUT2D eigenvalue weighted by molar-refractivity contribution is 6.23. The first-order valence-electron chi connectivity index (χ1n) is 9.35. The van der Waals surface area contributed by atoms with Crippen molar-refractivity contribution in [3.05, 3.63) is 53.3 Å². The van der Waals surface area contributed by atoms with Crippen molar-refractivity contribution >= 4 is 29.2 Å². The molecule has 1 aliphatic heterocycles. The van der Waals surface area contributed by atoms with Crippen LogP contribution in [0.25, 0.3) is 0 Å². The third-order valence-corrected chi connectivity index (χ3v) is 6.14. The molecule has 0 unspecified atom stereocenters. The van der Waals surface area contributed by atoms with Gasteiger partial charge >= 0.3 is 0 Å². The summed E-state index contributed by atoms with van der Waals surface area (Å²) in [5.74, 6) is 0.240. The molecule has 142 valence electrons. The van der Waals surface area contributed by atoms with Crippen molar-refractivity contribution in [1.29, 1.82) is 0 Å². The molecular weight excluding hydrogens is 358 g/mol. The number of amides is 3. The number of rotatable bonds is 3. The van der Waals surface area contributed by atoms with E-state index < -0.39 is 0 Å². The highest BCUT2D eigenvalue weighted by atomic mass is 16.5. The van der Waals surface area contributed by atoms with Crippen molar-refractivity contribution in [3.63, 3.8) is 0 Å². The lowest BCUT2D eigenvalue weighted by molar-refractivity contribution is -0.123. The molecule has 2 bridgehead atoms. The fraction of sp³-hybridized carbons (Fsp3) is 0.333. The van der Waals surface area contributed by atoms with Crippen molar-refractivity contribution < 1.29 is 18.9 Å². The van der Waals surface area contributed by atoms with Crippen LogP contribution in [-0.4, -0.2) is 22.9 Å². The first-order valence-corrected chi connectivity index (χ1v) is 9.35. The van der Waals surface area contributed by atoms with Crippen molar-refractivity contribution in [3.8, 4) is 0 Å². The summed E-state index contributed by atoms with van der Waals surface area (Å²) in [5, 5.41) is 6.38. The molecule has 2 aliphatic carbocycles. The van der Waals surface area contributed by atoms with Crippen LogP contribution in [0.5, 0.6) is 0 Å². The summed E-state index contributed by atoms with van der Waals surface area (Å²) in [7, 11) is 0. The molecule has 1 aromatic carbocycles. The van der Waals surface area contributed by atoms with Crippen molar-refractivity contribution in [2.75, 3.05) is 10.2 Å². The third-order valence-electron chi connectivity index (χ3n) is 6.14. The molecule has 2 aromatic rings.